The van der Waals surface area contributed by atoms with Crippen LogP contribution in [0.4, 0.5) is 10.6 Å². The summed E-state index contributed by atoms with van der Waals surface area (Å²) in [5.41, 5.74) is 1.47. The Morgan fingerprint density at radius 3 is 2.73 bits per heavy atom. The highest BCUT2D eigenvalue weighted by Gasteiger charge is 2.49. The van der Waals surface area contributed by atoms with Crippen molar-refractivity contribution in [2.75, 3.05) is 18.9 Å². The number of anilines is 1. The SMILES string of the molecule is CN/C=C(\C=N)c1cc(Oc2ccc(NC(=O)N3CCC4(CCCC4)C3=O)nc2C)ccn1. The van der Waals surface area contributed by atoms with Gasteiger partial charge < -0.3 is 15.5 Å². The first-order valence-electron chi connectivity index (χ1n) is 11.1. The highest BCUT2D eigenvalue weighted by atomic mass is 16.5. The Morgan fingerprint density at radius 1 is 1.24 bits per heavy atom. The lowest BCUT2D eigenvalue weighted by Gasteiger charge is -2.21. The number of carbonyl (C=O) groups is 2. The second kappa shape index (κ2) is 9.40. The van der Waals surface area contributed by atoms with Crippen LogP contribution in [0.5, 0.6) is 11.5 Å². The zero-order chi connectivity index (χ0) is 23.4. The predicted molar refractivity (Wildman–Crippen MR) is 125 cm³/mol. The van der Waals surface area contributed by atoms with Gasteiger partial charge in [0.2, 0.25) is 5.91 Å². The number of aryl methyl sites for hydroxylation is 1. The third kappa shape index (κ3) is 4.57. The third-order valence-electron chi connectivity index (χ3n) is 6.30. The van der Waals surface area contributed by atoms with E-state index in [1.54, 1.807) is 50.6 Å². The molecule has 33 heavy (non-hydrogen) atoms. The van der Waals surface area contributed by atoms with E-state index < -0.39 is 6.03 Å². The summed E-state index contributed by atoms with van der Waals surface area (Å²) in [7, 11) is 1.76. The lowest BCUT2D eigenvalue weighted by Crippen LogP contribution is -2.40. The van der Waals surface area contributed by atoms with Crippen molar-refractivity contribution in [1.29, 1.82) is 5.41 Å². The Balaban J connectivity index is 1.44. The Hall–Kier alpha value is -3.75. The average molecular weight is 449 g/mol. The summed E-state index contributed by atoms with van der Waals surface area (Å²) < 4.78 is 5.96. The standard InChI is InChI=1S/C24H28N6O3/c1-16-20(33-18-7-11-27-19(13-18)17(14-25)15-26-2)5-6-21(28-16)29-23(32)30-12-10-24(22(30)31)8-3-4-9-24/h5-7,11,13-15,25-26H,3-4,8-10,12H2,1-2H3,(H,28,29,32)/b17-15+,25-14?. The van der Waals surface area contributed by atoms with E-state index in [4.69, 9.17) is 10.1 Å². The van der Waals surface area contributed by atoms with Gasteiger partial charge in [-0.05, 0) is 44.4 Å². The van der Waals surface area contributed by atoms with Crippen LogP contribution in [0.1, 0.15) is 43.5 Å². The zero-order valence-corrected chi connectivity index (χ0v) is 18.9. The maximum Gasteiger partial charge on any atom is 0.329 e. The number of carbonyl (C=O) groups excluding carboxylic acids is 2. The molecule has 172 valence electrons. The number of urea groups is 1. The molecule has 2 aliphatic rings. The van der Waals surface area contributed by atoms with Crippen LogP contribution >= 0.6 is 0 Å². The van der Waals surface area contributed by atoms with Gasteiger partial charge in [0.15, 0.2) is 0 Å². The second-order valence-corrected chi connectivity index (χ2v) is 8.42. The highest BCUT2D eigenvalue weighted by molar-refractivity contribution is 6.07. The number of imide groups is 1. The minimum atomic E-state index is -0.432. The quantitative estimate of drug-likeness (QED) is 0.572. The van der Waals surface area contributed by atoms with Crippen molar-refractivity contribution in [1.82, 2.24) is 20.2 Å². The molecule has 1 saturated heterocycles. The lowest BCUT2D eigenvalue weighted by molar-refractivity contribution is -0.133. The summed E-state index contributed by atoms with van der Waals surface area (Å²) in [6.07, 6.45) is 9.11. The van der Waals surface area contributed by atoms with E-state index >= 15 is 0 Å². The fourth-order valence-electron chi connectivity index (χ4n) is 4.54. The molecule has 0 unspecified atom stereocenters. The van der Waals surface area contributed by atoms with Gasteiger partial charge in [0, 0.05) is 43.8 Å². The van der Waals surface area contributed by atoms with Crippen LogP contribution in [0.2, 0.25) is 0 Å². The largest absolute Gasteiger partial charge is 0.455 e. The number of amides is 3. The van der Waals surface area contributed by atoms with Crippen LogP contribution < -0.4 is 15.4 Å². The monoisotopic (exact) mass is 448 g/mol. The van der Waals surface area contributed by atoms with Crippen LogP contribution in [0.15, 0.2) is 36.7 Å². The summed E-state index contributed by atoms with van der Waals surface area (Å²) in [5.74, 6) is 1.39. The van der Waals surface area contributed by atoms with Gasteiger partial charge in [-0.15, -0.1) is 0 Å². The molecule has 1 aliphatic carbocycles. The molecule has 2 aromatic rings. The fourth-order valence-corrected chi connectivity index (χ4v) is 4.54. The third-order valence-corrected chi connectivity index (χ3v) is 6.30. The topological polar surface area (TPSA) is 120 Å². The number of hydrogen-bond acceptors (Lipinski definition) is 7. The van der Waals surface area contributed by atoms with Gasteiger partial charge in [-0.3, -0.25) is 20.0 Å². The Kier molecular flexibility index (Phi) is 6.39. The predicted octanol–water partition coefficient (Wildman–Crippen LogP) is 4.11. The number of pyridine rings is 2. The summed E-state index contributed by atoms with van der Waals surface area (Å²) in [4.78, 5) is 35.6. The minimum Gasteiger partial charge on any atom is -0.455 e. The van der Waals surface area contributed by atoms with Gasteiger partial charge in [0.05, 0.1) is 16.8 Å². The van der Waals surface area contributed by atoms with Crippen molar-refractivity contribution >= 4 is 29.5 Å². The van der Waals surface area contributed by atoms with Gasteiger partial charge in [-0.25, -0.2) is 9.78 Å². The molecule has 0 aromatic carbocycles. The minimum absolute atomic E-state index is 0.0562. The molecule has 3 heterocycles. The van der Waals surface area contributed by atoms with E-state index in [-0.39, 0.29) is 11.3 Å². The molecular weight excluding hydrogens is 420 g/mol. The van der Waals surface area contributed by atoms with E-state index in [9.17, 15) is 9.59 Å². The van der Waals surface area contributed by atoms with Crippen LogP contribution in [-0.2, 0) is 4.79 Å². The van der Waals surface area contributed by atoms with E-state index in [1.807, 2.05) is 0 Å². The molecule has 0 bridgehead atoms. The van der Waals surface area contributed by atoms with E-state index in [0.29, 0.717) is 40.8 Å². The van der Waals surface area contributed by atoms with Gasteiger partial charge >= 0.3 is 6.03 Å². The molecule has 3 amide bonds. The first kappa shape index (κ1) is 22.4. The van der Waals surface area contributed by atoms with E-state index in [1.165, 1.54) is 11.1 Å². The number of ether oxygens (including phenoxy) is 1. The average Bonchev–Trinajstić information content (AvgIpc) is 3.42. The van der Waals surface area contributed by atoms with E-state index in [2.05, 4.69) is 20.6 Å². The molecule has 1 saturated carbocycles. The maximum atomic E-state index is 12.8. The van der Waals surface area contributed by atoms with Crippen LogP contribution in [0.3, 0.4) is 0 Å². The molecule has 1 spiro atoms. The van der Waals surface area contributed by atoms with Crippen molar-refractivity contribution in [2.24, 2.45) is 5.41 Å². The van der Waals surface area contributed by atoms with Gasteiger partial charge in [0.1, 0.15) is 17.3 Å². The summed E-state index contributed by atoms with van der Waals surface area (Å²) >= 11 is 0. The first-order valence-corrected chi connectivity index (χ1v) is 11.1. The molecule has 4 rings (SSSR count). The zero-order valence-electron chi connectivity index (χ0n) is 18.9. The Morgan fingerprint density at radius 2 is 2.03 bits per heavy atom. The fraction of sp³-hybridized carbons (Fsp3) is 0.375. The molecule has 2 fully saturated rings. The molecule has 9 nitrogen and oxygen atoms in total. The normalized spacial score (nSPS) is 17.3. The Bertz CT molecular complexity index is 1110. The number of likely N-dealkylation sites (tertiary alicyclic amines) is 1. The highest BCUT2D eigenvalue weighted by Crippen LogP contribution is 2.46. The van der Waals surface area contributed by atoms with Crippen molar-refractivity contribution in [3.05, 3.63) is 48.1 Å². The number of allylic oxidation sites excluding steroid dienone is 1. The molecule has 1 aliphatic heterocycles. The van der Waals surface area contributed by atoms with Gasteiger partial charge in [0.25, 0.3) is 0 Å². The number of nitrogens with zero attached hydrogens (tertiary/aromatic N) is 3. The molecule has 3 N–H and O–H groups in total. The van der Waals surface area contributed by atoms with Crippen LogP contribution in [0, 0.1) is 17.7 Å². The Labute approximate surface area is 192 Å². The van der Waals surface area contributed by atoms with Crippen LogP contribution in [0.25, 0.3) is 5.57 Å². The molecule has 2 aromatic heterocycles. The number of hydrogen-bond donors (Lipinski definition) is 3. The van der Waals surface area contributed by atoms with Crippen LogP contribution in [-0.4, -0.2) is 46.6 Å². The molecular formula is C24H28N6O3. The van der Waals surface area contributed by atoms with Gasteiger partial charge in [-0.1, -0.05) is 12.8 Å². The maximum absolute atomic E-state index is 12.8. The summed E-state index contributed by atoms with van der Waals surface area (Å²) in [6, 6.07) is 6.40. The van der Waals surface area contributed by atoms with Crippen molar-refractivity contribution in [3.8, 4) is 11.5 Å². The number of rotatable bonds is 6. The first-order chi connectivity index (χ1) is 16.0. The molecule has 0 atom stereocenters. The molecule has 9 heteroatoms. The van der Waals surface area contributed by atoms with Crippen molar-refractivity contribution < 1.29 is 14.3 Å². The second-order valence-electron chi connectivity index (χ2n) is 8.42. The summed E-state index contributed by atoms with van der Waals surface area (Å²) in [6.45, 7) is 2.24. The lowest BCUT2D eigenvalue weighted by atomic mass is 9.85. The van der Waals surface area contributed by atoms with Crippen molar-refractivity contribution in [3.63, 3.8) is 0 Å². The molecule has 0 radical (unpaired) electrons. The smallest absolute Gasteiger partial charge is 0.329 e. The van der Waals surface area contributed by atoms with E-state index in [0.717, 1.165) is 32.1 Å². The van der Waals surface area contributed by atoms with Gasteiger partial charge in [-0.2, -0.15) is 0 Å². The summed E-state index contributed by atoms with van der Waals surface area (Å²) in [5, 5.41) is 13.2. The van der Waals surface area contributed by atoms with Crippen molar-refractivity contribution in [2.45, 2.75) is 39.0 Å². The number of nitrogens with one attached hydrogen (secondary N) is 3. The number of aromatic nitrogens is 2.